The van der Waals surface area contributed by atoms with E-state index >= 15 is 0 Å². The SMILES string of the molecule is Ic1ccc2c(c1)P(c1ccccc1)N(c1ccccc1)c1ccccc1-2. The van der Waals surface area contributed by atoms with Gasteiger partial charge in [-0.15, -0.1) is 0 Å². The molecule has 0 radical (unpaired) electrons. The van der Waals surface area contributed by atoms with Gasteiger partial charge in [0.15, 0.2) is 0 Å². The largest absolute Gasteiger partial charge is 0.311 e. The van der Waals surface area contributed by atoms with Crippen LogP contribution in [0.15, 0.2) is 103 Å². The van der Waals surface area contributed by atoms with Gasteiger partial charge in [0.1, 0.15) is 0 Å². The summed E-state index contributed by atoms with van der Waals surface area (Å²) in [6.07, 6.45) is 0. The Kier molecular flexibility index (Phi) is 4.47. The molecule has 0 spiro atoms. The fraction of sp³-hybridized carbons (Fsp3) is 0. The molecule has 5 rings (SSSR count). The highest BCUT2D eigenvalue weighted by atomic mass is 127. The Labute approximate surface area is 174 Å². The third-order valence-corrected chi connectivity index (χ3v) is 7.94. The summed E-state index contributed by atoms with van der Waals surface area (Å²) in [4.78, 5) is 0. The lowest BCUT2D eigenvalue weighted by atomic mass is 10.0. The first kappa shape index (κ1) is 17.0. The summed E-state index contributed by atoms with van der Waals surface area (Å²) < 4.78 is 3.82. The van der Waals surface area contributed by atoms with Crippen molar-refractivity contribution in [1.82, 2.24) is 0 Å². The molecule has 1 heterocycles. The number of para-hydroxylation sites is 2. The summed E-state index contributed by atoms with van der Waals surface area (Å²) in [7, 11) is -0.697. The quantitative estimate of drug-likeness (QED) is 0.237. The highest BCUT2D eigenvalue weighted by molar-refractivity contribution is 14.1. The second kappa shape index (κ2) is 7.10. The smallest absolute Gasteiger partial charge is 0.0605 e. The molecule has 1 unspecified atom stereocenters. The van der Waals surface area contributed by atoms with E-state index in [2.05, 4.69) is 130 Å². The molecule has 0 aromatic heterocycles. The van der Waals surface area contributed by atoms with Crippen molar-refractivity contribution in [1.29, 1.82) is 0 Å². The molecule has 0 amide bonds. The summed E-state index contributed by atoms with van der Waals surface area (Å²) in [6, 6.07) is 37.3. The fourth-order valence-corrected chi connectivity index (χ4v) is 7.01. The van der Waals surface area contributed by atoms with Crippen molar-refractivity contribution >= 4 is 52.6 Å². The number of nitrogens with zero attached hydrogens (tertiary/aromatic N) is 1. The van der Waals surface area contributed by atoms with E-state index in [1.165, 1.54) is 36.7 Å². The van der Waals surface area contributed by atoms with Gasteiger partial charge < -0.3 is 4.67 Å². The zero-order chi connectivity index (χ0) is 18.2. The van der Waals surface area contributed by atoms with Crippen molar-refractivity contribution in [2.75, 3.05) is 4.67 Å². The number of fused-ring (bicyclic) bond motifs is 3. The van der Waals surface area contributed by atoms with Gasteiger partial charge in [0.05, 0.1) is 13.8 Å². The molecular formula is C24H17INP. The lowest BCUT2D eigenvalue weighted by Gasteiger charge is -2.40. The molecule has 1 atom stereocenters. The minimum absolute atomic E-state index is 0.697. The third kappa shape index (κ3) is 2.97. The summed E-state index contributed by atoms with van der Waals surface area (Å²) in [5.74, 6) is 0. The molecule has 0 saturated heterocycles. The number of hydrogen-bond acceptors (Lipinski definition) is 1. The van der Waals surface area contributed by atoms with E-state index in [0.29, 0.717) is 0 Å². The van der Waals surface area contributed by atoms with E-state index < -0.39 is 8.07 Å². The molecule has 4 aromatic carbocycles. The van der Waals surface area contributed by atoms with Crippen LogP contribution in [0.4, 0.5) is 11.4 Å². The van der Waals surface area contributed by atoms with Crippen LogP contribution in [0.1, 0.15) is 0 Å². The van der Waals surface area contributed by atoms with Gasteiger partial charge in [-0.1, -0.05) is 72.8 Å². The minimum Gasteiger partial charge on any atom is -0.311 e. The maximum Gasteiger partial charge on any atom is 0.0605 e. The summed E-state index contributed by atoms with van der Waals surface area (Å²) in [5.41, 5.74) is 5.19. The number of halogens is 1. The van der Waals surface area contributed by atoms with Crippen LogP contribution in [-0.4, -0.2) is 0 Å². The van der Waals surface area contributed by atoms with Crippen LogP contribution in [0.5, 0.6) is 0 Å². The van der Waals surface area contributed by atoms with Crippen LogP contribution in [0, 0.1) is 3.57 Å². The predicted molar refractivity (Wildman–Crippen MR) is 126 cm³/mol. The summed E-state index contributed by atoms with van der Waals surface area (Å²) in [6.45, 7) is 0. The average molecular weight is 477 g/mol. The van der Waals surface area contributed by atoms with Crippen LogP contribution >= 0.6 is 30.7 Å². The molecule has 3 heteroatoms. The lowest BCUT2D eigenvalue weighted by Crippen LogP contribution is -2.30. The van der Waals surface area contributed by atoms with Crippen LogP contribution in [0.2, 0.25) is 0 Å². The summed E-state index contributed by atoms with van der Waals surface area (Å²) >= 11 is 2.43. The Morgan fingerprint density at radius 1 is 0.630 bits per heavy atom. The van der Waals surface area contributed by atoms with Gasteiger partial charge in [-0.25, -0.2) is 0 Å². The molecule has 0 bridgehead atoms. The number of hydrogen-bond donors (Lipinski definition) is 0. The highest BCUT2D eigenvalue weighted by Gasteiger charge is 2.33. The standard InChI is InChI=1S/C24H17INP/c25-18-15-16-22-21-13-7-8-14-23(21)26(19-9-3-1-4-10-19)27(24(22)17-18)20-11-5-2-6-12-20/h1-17H. The Morgan fingerprint density at radius 2 is 1.30 bits per heavy atom. The minimum atomic E-state index is -0.697. The second-order valence-electron chi connectivity index (χ2n) is 6.47. The van der Waals surface area contributed by atoms with Gasteiger partial charge in [0.2, 0.25) is 0 Å². The molecule has 0 aliphatic carbocycles. The van der Waals surface area contributed by atoms with E-state index in [1.807, 2.05) is 0 Å². The average Bonchev–Trinajstić information content (AvgIpc) is 2.74. The van der Waals surface area contributed by atoms with Crippen molar-refractivity contribution in [3.8, 4) is 11.1 Å². The maximum absolute atomic E-state index is 2.54. The van der Waals surface area contributed by atoms with Crippen molar-refractivity contribution in [2.45, 2.75) is 0 Å². The lowest BCUT2D eigenvalue weighted by molar-refractivity contribution is 1.40. The number of rotatable bonds is 2. The van der Waals surface area contributed by atoms with Crippen molar-refractivity contribution in [2.24, 2.45) is 0 Å². The van der Waals surface area contributed by atoms with Gasteiger partial charge in [-0.3, -0.25) is 0 Å². The maximum atomic E-state index is 2.54. The van der Waals surface area contributed by atoms with Gasteiger partial charge in [-0.2, -0.15) is 0 Å². The third-order valence-electron chi connectivity index (χ3n) is 4.81. The topological polar surface area (TPSA) is 3.24 Å². The van der Waals surface area contributed by atoms with E-state index in [9.17, 15) is 0 Å². The zero-order valence-electron chi connectivity index (χ0n) is 14.6. The Balaban J connectivity index is 1.85. The number of anilines is 2. The van der Waals surface area contributed by atoms with E-state index in [0.717, 1.165) is 0 Å². The second-order valence-corrected chi connectivity index (χ2v) is 9.74. The molecule has 27 heavy (non-hydrogen) atoms. The molecule has 1 nitrogen and oxygen atoms in total. The number of benzene rings is 4. The van der Waals surface area contributed by atoms with Crippen molar-refractivity contribution in [3.63, 3.8) is 0 Å². The van der Waals surface area contributed by atoms with Crippen LogP contribution in [-0.2, 0) is 0 Å². The van der Waals surface area contributed by atoms with Gasteiger partial charge in [-0.05, 0) is 58.5 Å². The predicted octanol–water partition coefficient (Wildman–Crippen LogP) is 6.46. The van der Waals surface area contributed by atoms with Gasteiger partial charge in [0.25, 0.3) is 0 Å². The van der Waals surface area contributed by atoms with Crippen LogP contribution < -0.4 is 15.3 Å². The Bertz CT molecular complexity index is 1100. The monoisotopic (exact) mass is 477 g/mol. The molecule has 0 N–H and O–H groups in total. The first-order valence-electron chi connectivity index (χ1n) is 8.92. The Morgan fingerprint density at radius 3 is 2.07 bits per heavy atom. The molecule has 1 aliphatic rings. The fourth-order valence-electron chi connectivity index (χ4n) is 3.66. The van der Waals surface area contributed by atoms with E-state index in [4.69, 9.17) is 0 Å². The van der Waals surface area contributed by atoms with Crippen molar-refractivity contribution < 1.29 is 0 Å². The van der Waals surface area contributed by atoms with Crippen LogP contribution in [0.3, 0.4) is 0 Å². The van der Waals surface area contributed by atoms with Crippen molar-refractivity contribution in [3.05, 3.63) is 107 Å². The van der Waals surface area contributed by atoms with E-state index in [-0.39, 0.29) is 0 Å². The molecular weight excluding hydrogens is 460 g/mol. The molecule has 0 saturated carbocycles. The first-order valence-corrected chi connectivity index (χ1v) is 11.3. The zero-order valence-corrected chi connectivity index (χ0v) is 17.6. The molecule has 1 aliphatic heterocycles. The Hall–Kier alpha value is -2.16. The van der Waals surface area contributed by atoms with E-state index in [1.54, 1.807) is 0 Å². The van der Waals surface area contributed by atoms with Crippen LogP contribution in [0.25, 0.3) is 11.1 Å². The van der Waals surface area contributed by atoms with Gasteiger partial charge in [0, 0.05) is 25.4 Å². The first-order chi connectivity index (χ1) is 13.3. The molecule has 0 fully saturated rings. The summed E-state index contributed by atoms with van der Waals surface area (Å²) in [5, 5.41) is 2.79. The molecule has 4 aromatic rings. The highest BCUT2D eigenvalue weighted by Crippen LogP contribution is 2.55. The normalized spacial score (nSPS) is 15.1. The van der Waals surface area contributed by atoms with Gasteiger partial charge >= 0.3 is 0 Å². The molecule has 130 valence electrons.